The zero-order valence-corrected chi connectivity index (χ0v) is 20.5. The maximum absolute atomic E-state index is 15.8. The van der Waals surface area contributed by atoms with Crippen LogP contribution >= 0.6 is 0 Å². The van der Waals surface area contributed by atoms with Crippen LogP contribution in [-0.2, 0) is 25.7 Å². The third kappa shape index (κ3) is 5.31. The largest absolute Gasteiger partial charge is 0.598 e. The Balaban J connectivity index is 1.99. The Kier molecular flexibility index (Phi) is 7.49. The summed E-state index contributed by atoms with van der Waals surface area (Å²) in [5, 5.41) is 1.90. The fourth-order valence-corrected chi connectivity index (χ4v) is 4.53. The van der Waals surface area contributed by atoms with Crippen molar-refractivity contribution in [1.29, 1.82) is 0 Å². The number of imide groups is 2. The van der Waals surface area contributed by atoms with Crippen LogP contribution in [0.1, 0.15) is 70.5 Å². The van der Waals surface area contributed by atoms with Gasteiger partial charge in [-0.15, -0.1) is 4.72 Å². The summed E-state index contributed by atoms with van der Waals surface area (Å²) in [4.78, 5) is 51.0. The second-order valence-electron chi connectivity index (χ2n) is 9.87. The van der Waals surface area contributed by atoms with Gasteiger partial charge in [-0.1, -0.05) is 12.1 Å². The van der Waals surface area contributed by atoms with Gasteiger partial charge >= 0.3 is 6.03 Å². The number of barbiturate groups is 1. The molecule has 2 aliphatic rings. The number of urea groups is 1. The van der Waals surface area contributed by atoms with E-state index in [0.29, 0.717) is 4.90 Å². The summed E-state index contributed by atoms with van der Waals surface area (Å²) in [6.07, 6.45) is -0.812. The van der Waals surface area contributed by atoms with E-state index in [1.807, 2.05) is 5.32 Å². The van der Waals surface area contributed by atoms with Gasteiger partial charge in [0.05, 0.1) is 0 Å². The first-order valence-corrected chi connectivity index (χ1v) is 12.2. The molecular formula is C23H29F2N3O5S. The summed E-state index contributed by atoms with van der Waals surface area (Å²) in [6.45, 7) is 7.84. The molecule has 11 heteroatoms. The molecule has 186 valence electrons. The number of ketones is 1. The second kappa shape index (κ2) is 9.71. The molecule has 4 atom stereocenters. The lowest BCUT2D eigenvalue weighted by molar-refractivity contribution is -0.150. The fourth-order valence-electron chi connectivity index (χ4n) is 3.70. The average molecular weight is 498 g/mol. The van der Waals surface area contributed by atoms with Gasteiger partial charge in [-0.2, -0.15) is 0 Å². The summed E-state index contributed by atoms with van der Waals surface area (Å²) in [5.74, 6) is -6.60. The quantitative estimate of drug-likeness (QED) is 0.421. The molecule has 0 bridgehead atoms. The van der Waals surface area contributed by atoms with E-state index in [-0.39, 0.29) is 11.5 Å². The smallest absolute Gasteiger partial charge is 0.331 e. The molecule has 1 saturated heterocycles. The summed E-state index contributed by atoms with van der Waals surface area (Å²) >= 11 is -1.92. The lowest BCUT2D eigenvalue weighted by Gasteiger charge is -2.34. The average Bonchev–Trinajstić information content (AvgIpc) is 3.55. The number of Topliss-reactive ketones (excluding diaryl/α,β-unsaturated/α-hetero) is 1. The van der Waals surface area contributed by atoms with Crippen molar-refractivity contribution >= 4 is 35.0 Å². The third-order valence-electron chi connectivity index (χ3n) is 5.75. The molecule has 0 radical (unpaired) electrons. The Morgan fingerprint density at radius 3 is 2.38 bits per heavy atom. The van der Waals surface area contributed by atoms with Crippen LogP contribution in [0.2, 0.25) is 0 Å². The number of carbonyl (C=O) groups excluding carboxylic acids is 4. The Bertz CT molecular complexity index is 1010. The number of nitrogens with one attached hydrogen (secondary N) is 2. The molecule has 2 N–H and O–H groups in total. The van der Waals surface area contributed by atoms with Gasteiger partial charge in [0.25, 0.3) is 5.91 Å². The summed E-state index contributed by atoms with van der Waals surface area (Å²) in [6, 6.07) is 0.744. The summed E-state index contributed by atoms with van der Waals surface area (Å²) in [5.41, 5.74) is 0.538. The Labute approximate surface area is 200 Å². The standard InChI is InChI=1S/C23H29F2N3O5S/c1-11(2)28-21(31)16(20(30)26-22(28)32)19(29)17(25)18(27-34(33)23(3,4)5)14-10-13(12-6-7-12)8-9-15(14)24/h8-12,16-18,27H,6-7H2,1-5H3,(H,26,30,32)/t16?,17-,18+,34-/m1/s1. The van der Waals surface area contributed by atoms with Crippen molar-refractivity contribution in [3.8, 4) is 0 Å². The number of hydrogen-bond donors (Lipinski definition) is 2. The molecule has 1 aliphatic carbocycles. The molecule has 4 amide bonds. The van der Waals surface area contributed by atoms with Gasteiger partial charge < -0.3 is 4.55 Å². The van der Waals surface area contributed by atoms with Gasteiger partial charge in [-0.25, -0.2) is 13.6 Å². The molecule has 0 spiro atoms. The molecule has 1 aliphatic heterocycles. The first-order valence-electron chi connectivity index (χ1n) is 11.1. The van der Waals surface area contributed by atoms with E-state index >= 15 is 4.39 Å². The van der Waals surface area contributed by atoms with Crippen LogP contribution in [0.15, 0.2) is 18.2 Å². The van der Waals surface area contributed by atoms with E-state index in [1.165, 1.54) is 19.9 Å². The van der Waals surface area contributed by atoms with E-state index in [0.717, 1.165) is 24.5 Å². The van der Waals surface area contributed by atoms with Crippen molar-refractivity contribution < 1.29 is 32.5 Å². The van der Waals surface area contributed by atoms with Crippen molar-refractivity contribution in [3.63, 3.8) is 0 Å². The molecule has 1 aromatic carbocycles. The highest BCUT2D eigenvalue weighted by molar-refractivity contribution is 7.90. The number of amides is 4. The van der Waals surface area contributed by atoms with E-state index in [2.05, 4.69) is 4.72 Å². The first kappa shape index (κ1) is 26.2. The van der Waals surface area contributed by atoms with Gasteiger partial charge in [0.1, 0.15) is 16.6 Å². The molecule has 1 heterocycles. The Hall–Kier alpha value is -2.37. The SMILES string of the molecule is CC(C)N1C(=O)NC(=O)C(C(=O)[C@H](F)[C@@H](N[S@+]([O-])C(C)(C)C)c2cc(C3CC3)ccc2F)C1=O. The van der Waals surface area contributed by atoms with Crippen LogP contribution in [0, 0.1) is 11.7 Å². The molecule has 2 fully saturated rings. The van der Waals surface area contributed by atoms with Crippen molar-refractivity contribution in [2.45, 2.75) is 76.4 Å². The lowest BCUT2D eigenvalue weighted by Crippen LogP contribution is -2.63. The highest BCUT2D eigenvalue weighted by Crippen LogP contribution is 2.41. The zero-order chi connectivity index (χ0) is 25.5. The van der Waals surface area contributed by atoms with Gasteiger partial charge in [0.2, 0.25) is 5.91 Å². The minimum atomic E-state index is -2.60. The predicted octanol–water partition coefficient (Wildman–Crippen LogP) is 2.81. The molecule has 1 unspecified atom stereocenters. The van der Waals surface area contributed by atoms with E-state index in [4.69, 9.17) is 0 Å². The molecule has 1 aromatic rings. The number of benzene rings is 1. The second-order valence-corrected chi connectivity index (χ2v) is 11.9. The first-order chi connectivity index (χ1) is 15.7. The number of halogens is 2. The summed E-state index contributed by atoms with van der Waals surface area (Å²) in [7, 11) is 0. The molecule has 3 rings (SSSR count). The van der Waals surface area contributed by atoms with Gasteiger partial charge in [0.15, 0.2) is 17.9 Å². The summed E-state index contributed by atoms with van der Waals surface area (Å²) < 4.78 is 45.1. The topological polar surface area (TPSA) is 119 Å². The van der Waals surface area contributed by atoms with Crippen molar-refractivity contribution in [1.82, 2.24) is 14.9 Å². The van der Waals surface area contributed by atoms with Gasteiger partial charge in [0, 0.05) is 23.0 Å². The van der Waals surface area contributed by atoms with Crippen LogP contribution in [0.4, 0.5) is 13.6 Å². The number of alkyl halides is 1. The highest BCUT2D eigenvalue weighted by atomic mass is 32.2. The fraction of sp³-hybridized carbons (Fsp3) is 0.565. The number of carbonyl (C=O) groups is 4. The van der Waals surface area contributed by atoms with Crippen LogP contribution in [0.5, 0.6) is 0 Å². The Morgan fingerprint density at radius 2 is 1.85 bits per heavy atom. The lowest BCUT2D eigenvalue weighted by atomic mass is 9.89. The molecule has 0 aromatic heterocycles. The van der Waals surface area contributed by atoms with Crippen molar-refractivity contribution in [3.05, 3.63) is 35.1 Å². The number of nitrogens with zero attached hydrogens (tertiary/aromatic N) is 1. The highest BCUT2D eigenvalue weighted by Gasteiger charge is 2.50. The van der Waals surface area contributed by atoms with Crippen LogP contribution < -0.4 is 10.0 Å². The molecule has 8 nitrogen and oxygen atoms in total. The van der Waals surface area contributed by atoms with Gasteiger partial charge in [-0.3, -0.25) is 24.6 Å². The minimum Gasteiger partial charge on any atom is -0.598 e. The number of rotatable bonds is 8. The van der Waals surface area contributed by atoms with E-state index in [9.17, 15) is 28.1 Å². The number of hydrogen-bond acceptors (Lipinski definition) is 6. The molecule has 1 saturated carbocycles. The maximum Gasteiger partial charge on any atom is 0.331 e. The van der Waals surface area contributed by atoms with Gasteiger partial charge in [-0.05, 0) is 65.0 Å². The normalized spacial score (nSPS) is 22.0. The van der Waals surface area contributed by atoms with Crippen LogP contribution in [0.25, 0.3) is 0 Å². The van der Waals surface area contributed by atoms with E-state index < -0.39 is 69.7 Å². The van der Waals surface area contributed by atoms with Crippen molar-refractivity contribution in [2.24, 2.45) is 5.92 Å². The molecular weight excluding hydrogens is 468 g/mol. The predicted molar refractivity (Wildman–Crippen MR) is 121 cm³/mol. The Morgan fingerprint density at radius 1 is 1.24 bits per heavy atom. The maximum atomic E-state index is 15.8. The minimum absolute atomic E-state index is 0.193. The van der Waals surface area contributed by atoms with E-state index in [1.54, 1.807) is 26.8 Å². The van der Waals surface area contributed by atoms with Crippen LogP contribution in [-0.4, -0.2) is 50.0 Å². The van der Waals surface area contributed by atoms with Crippen molar-refractivity contribution in [2.75, 3.05) is 0 Å². The van der Waals surface area contributed by atoms with Crippen LogP contribution in [0.3, 0.4) is 0 Å². The zero-order valence-electron chi connectivity index (χ0n) is 19.7. The third-order valence-corrected chi connectivity index (χ3v) is 7.34. The molecule has 34 heavy (non-hydrogen) atoms. The monoisotopic (exact) mass is 497 g/mol.